The van der Waals surface area contributed by atoms with Crippen molar-refractivity contribution in [1.82, 2.24) is 21.2 Å². The first-order chi connectivity index (χ1) is 12.0. The van der Waals surface area contributed by atoms with E-state index in [2.05, 4.69) is 26.5 Å². The van der Waals surface area contributed by atoms with E-state index in [-0.39, 0.29) is 23.0 Å². The summed E-state index contributed by atoms with van der Waals surface area (Å²) in [6.07, 6.45) is 1.38. The molecule has 0 aliphatic rings. The molecule has 0 unspecified atom stereocenters. The lowest BCUT2D eigenvalue weighted by Gasteiger charge is -2.12. The third-order valence-corrected chi connectivity index (χ3v) is 3.24. The molecule has 1 aromatic carbocycles. The highest BCUT2D eigenvalue weighted by atomic mass is 35.5. The van der Waals surface area contributed by atoms with Crippen LogP contribution in [0.5, 0.6) is 0 Å². The number of hydrazine groups is 1. The quantitative estimate of drug-likeness (QED) is 0.475. The van der Waals surface area contributed by atoms with Gasteiger partial charge in [0.25, 0.3) is 11.8 Å². The van der Waals surface area contributed by atoms with E-state index in [1.165, 1.54) is 36.5 Å². The molecule has 0 saturated heterocycles. The summed E-state index contributed by atoms with van der Waals surface area (Å²) >= 11 is 10.7. The van der Waals surface area contributed by atoms with Gasteiger partial charge < -0.3 is 10.6 Å². The van der Waals surface area contributed by atoms with Crippen LogP contribution >= 0.6 is 23.8 Å². The van der Waals surface area contributed by atoms with Crippen molar-refractivity contribution in [3.8, 4) is 0 Å². The molecule has 10 heteroatoms. The molecule has 0 saturated carbocycles. The van der Waals surface area contributed by atoms with Crippen molar-refractivity contribution in [3.63, 3.8) is 0 Å². The Labute approximate surface area is 152 Å². The second-order valence-corrected chi connectivity index (χ2v) is 5.49. The van der Waals surface area contributed by atoms with Crippen LogP contribution in [0.2, 0.25) is 5.02 Å². The van der Waals surface area contributed by atoms with E-state index in [1.807, 2.05) is 0 Å². The monoisotopic (exact) mass is 381 g/mol. The molecule has 7 nitrogen and oxygen atoms in total. The fourth-order valence-electron chi connectivity index (χ4n) is 1.67. The molecule has 0 atom stereocenters. The summed E-state index contributed by atoms with van der Waals surface area (Å²) in [5, 5.41) is 5.30. The molecular weight excluding hydrogens is 369 g/mol. The van der Waals surface area contributed by atoms with Crippen molar-refractivity contribution >= 4 is 46.4 Å². The fraction of sp³-hybridized carbons (Fsp3) is 0.0667. The van der Waals surface area contributed by atoms with Crippen molar-refractivity contribution in [1.29, 1.82) is 0 Å². The van der Waals surface area contributed by atoms with Gasteiger partial charge in [-0.3, -0.25) is 25.4 Å². The number of aromatic nitrogens is 1. The SMILES string of the molecule is O=C(CNC(=O)c1cc(Cl)ccn1)NNC(=S)Nc1ccccc1F. The number of benzene rings is 1. The van der Waals surface area contributed by atoms with E-state index < -0.39 is 17.6 Å². The molecule has 0 aliphatic carbocycles. The van der Waals surface area contributed by atoms with Gasteiger partial charge in [0, 0.05) is 11.2 Å². The van der Waals surface area contributed by atoms with Crippen LogP contribution in [0.1, 0.15) is 10.5 Å². The molecule has 0 aliphatic heterocycles. The number of amides is 2. The van der Waals surface area contributed by atoms with Gasteiger partial charge in [-0.2, -0.15) is 0 Å². The van der Waals surface area contributed by atoms with Gasteiger partial charge in [0.15, 0.2) is 5.11 Å². The van der Waals surface area contributed by atoms with Crippen molar-refractivity contribution < 1.29 is 14.0 Å². The molecule has 0 bridgehead atoms. The van der Waals surface area contributed by atoms with Gasteiger partial charge in [-0.05, 0) is 36.5 Å². The number of carbonyl (C=O) groups is 2. The summed E-state index contributed by atoms with van der Waals surface area (Å²) in [4.78, 5) is 27.3. The Kier molecular flexibility index (Phi) is 6.61. The second-order valence-electron chi connectivity index (χ2n) is 4.65. The van der Waals surface area contributed by atoms with E-state index in [4.69, 9.17) is 23.8 Å². The molecule has 0 radical (unpaired) electrons. The van der Waals surface area contributed by atoms with Crippen LogP contribution in [0.3, 0.4) is 0 Å². The lowest BCUT2D eigenvalue weighted by Crippen LogP contribution is -2.47. The first-order valence-corrected chi connectivity index (χ1v) is 7.74. The molecule has 1 aromatic heterocycles. The van der Waals surface area contributed by atoms with Gasteiger partial charge in [-0.25, -0.2) is 4.39 Å². The Morgan fingerprint density at radius 1 is 1.20 bits per heavy atom. The summed E-state index contributed by atoms with van der Waals surface area (Å²) in [6.45, 7) is -0.317. The first kappa shape index (κ1) is 18.6. The molecule has 25 heavy (non-hydrogen) atoms. The Bertz CT molecular complexity index is 805. The number of nitrogens with one attached hydrogen (secondary N) is 4. The zero-order valence-electron chi connectivity index (χ0n) is 12.7. The minimum Gasteiger partial charge on any atom is -0.342 e. The first-order valence-electron chi connectivity index (χ1n) is 6.96. The van der Waals surface area contributed by atoms with Gasteiger partial charge in [0.05, 0.1) is 12.2 Å². The van der Waals surface area contributed by atoms with Crippen LogP contribution in [-0.2, 0) is 4.79 Å². The number of hydrogen-bond acceptors (Lipinski definition) is 4. The zero-order chi connectivity index (χ0) is 18.2. The largest absolute Gasteiger partial charge is 0.342 e. The van der Waals surface area contributed by atoms with Gasteiger partial charge in [0.2, 0.25) is 0 Å². The van der Waals surface area contributed by atoms with Gasteiger partial charge >= 0.3 is 0 Å². The normalized spacial score (nSPS) is 9.84. The number of para-hydroxylation sites is 1. The number of thiocarbonyl (C=S) groups is 1. The summed E-state index contributed by atoms with van der Waals surface area (Å²) in [5.41, 5.74) is 4.91. The van der Waals surface area contributed by atoms with E-state index in [1.54, 1.807) is 6.07 Å². The number of rotatable bonds is 4. The molecule has 2 amide bonds. The molecule has 2 aromatic rings. The minimum atomic E-state index is -0.562. The van der Waals surface area contributed by atoms with Crippen molar-refractivity contribution in [3.05, 3.63) is 59.1 Å². The van der Waals surface area contributed by atoms with Crippen LogP contribution < -0.4 is 21.5 Å². The molecule has 2 rings (SSSR count). The third-order valence-electron chi connectivity index (χ3n) is 2.80. The van der Waals surface area contributed by atoms with Crippen LogP contribution in [0, 0.1) is 5.82 Å². The third kappa shape index (κ3) is 5.98. The number of pyridine rings is 1. The second kappa shape index (κ2) is 8.90. The maximum atomic E-state index is 13.4. The summed E-state index contributed by atoms with van der Waals surface area (Å²) in [6, 6.07) is 8.83. The lowest BCUT2D eigenvalue weighted by molar-refractivity contribution is -0.120. The van der Waals surface area contributed by atoms with Gasteiger partial charge in [-0.15, -0.1) is 0 Å². The average molecular weight is 382 g/mol. The molecule has 0 fully saturated rings. The number of nitrogens with zero attached hydrogens (tertiary/aromatic N) is 1. The van der Waals surface area contributed by atoms with Crippen LogP contribution in [-0.4, -0.2) is 28.5 Å². The van der Waals surface area contributed by atoms with Crippen molar-refractivity contribution in [2.24, 2.45) is 0 Å². The number of anilines is 1. The van der Waals surface area contributed by atoms with Crippen molar-refractivity contribution in [2.45, 2.75) is 0 Å². The van der Waals surface area contributed by atoms with E-state index in [0.29, 0.717) is 5.02 Å². The van der Waals surface area contributed by atoms with Crippen LogP contribution in [0.15, 0.2) is 42.6 Å². The van der Waals surface area contributed by atoms with Gasteiger partial charge in [-0.1, -0.05) is 23.7 Å². The topological polar surface area (TPSA) is 95.2 Å². The van der Waals surface area contributed by atoms with E-state index in [9.17, 15) is 14.0 Å². The number of halogens is 2. The zero-order valence-corrected chi connectivity index (χ0v) is 14.2. The number of hydrogen-bond donors (Lipinski definition) is 4. The molecule has 1 heterocycles. The lowest BCUT2D eigenvalue weighted by atomic mass is 10.3. The molecule has 4 N–H and O–H groups in total. The highest BCUT2D eigenvalue weighted by Crippen LogP contribution is 2.11. The Hall–Kier alpha value is -2.78. The van der Waals surface area contributed by atoms with E-state index in [0.717, 1.165) is 0 Å². The smallest absolute Gasteiger partial charge is 0.270 e. The van der Waals surface area contributed by atoms with Crippen LogP contribution in [0.25, 0.3) is 0 Å². The Balaban J connectivity index is 1.74. The average Bonchev–Trinajstić information content (AvgIpc) is 2.60. The highest BCUT2D eigenvalue weighted by Gasteiger charge is 2.10. The fourth-order valence-corrected chi connectivity index (χ4v) is 1.99. The maximum Gasteiger partial charge on any atom is 0.270 e. The Morgan fingerprint density at radius 3 is 2.68 bits per heavy atom. The maximum absolute atomic E-state index is 13.4. The summed E-state index contributed by atoms with van der Waals surface area (Å²) < 4.78 is 13.4. The predicted molar refractivity (Wildman–Crippen MR) is 95.5 cm³/mol. The standard InChI is InChI=1S/C15H13ClFN5O2S/c16-9-5-6-18-12(7-9)14(24)19-8-13(23)21-22-15(25)20-11-4-2-1-3-10(11)17/h1-7H,8H2,(H,19,24)(H,21,23)(H2,20,22,25). The van der Waals surface area contributed by atoms with Gasteiger partial charge in [0.1, 0.15) is 11.5 Å². The highest BCUT2D eigenvalue weighted by molar-refractivity contribution is 7.80. The molecule has 130 valence electrons. The molecule has 0 spiro atoms. The van der Waals surface area contributed by atoms with Crippen molar-refractivity contribution in [2.75, 3.05) is 11.9 Å². The minimum absolute atomic E-state index is 0.0127. The van der Waals surface area contributed by atoms with Crippen LogP contribution in [0.4, 0.5) is 10.1 Å². The number of carbonyl (C=O) groups excluding carboxylic acids is 2. The summed E-state index contributed by atoms with van der Waals surface area (Å²) in [5.74, 6) is -1.60. The summed E-state index contributed by atoms with van der Waals surface area (Å²) in [7, 11) is 0. The molecular formula is C15H13ClFN5O2S. The van der Waals surface area contributed by atoms with E-state index >= 15 is 0 Å². The predicted octanol–water partition coefficient (Wildman–Crippen LogP) is 1.62. The Morgan fingerprint density at radius 2 is 1.96 bits per heavy atom.